The van der Waals surface area contributed by atoms with Gasteiger partial charge in [0, 0.05) is 11.5 Å². The predicted octanol–water partition coefficient (Wildman–Crippen LogP) is 3.83. The van der Waals surface area contributed by atoms with E-state index >= 15 is 0 Å². The highest BCUT2D eigenvalue weighted by Gasteiger charge is 2.06. The van der Waals surface area contributed by atoms with Crippen molar-refractivity contribution in [2.45, 2.75) is 13.5 Å². The summed E-state index contributed by atoms with van der Waals surface area (Å²) in [5.41, 5.74) is 2.82. The fourth-order valence-electron chi connectivity index (χ4n) is 2.13. The molecule has 3 heteroatoms. The van der Waals surface area contributed by atoms with Crippen molar-refractivity contribution in [2.24, 2.45) is 0 Å². The van der Waals surface area contributed by atoms with Crippen LogP contribution in [0.4, 0.5) is 0 Å². The first-order chi connectivity index (χ1) is 9.76. The van der Waals surface area contributed by atoms with Gasteiger partial charge in [0.25, 0.3) is 0 Å². The lowest BCUT2D eigenvalue weighted by Crippen LogP contribution is -1.93. The number of aryl methyl sites for hydroxylation is 1. The monoisotopic (exact) mass is 265 g/mol. The number of aromatic nitrogens is 1. The predicted molar refractivity (Wildman–Crippen MR) is 78.9 cm³/mol. The van der Waals surface area contributed by atoms with Crippen molar-refractivity contribution >= 4 is 10.9 Å². The summed E-state index contributed by atoms with van der Waals surface area (Å²) in [6.45, 7) is 2.00. The summed E-state index contributed by atoms with van der Waals surface area (Å²) in [6, 6.07) is 17.3. The molecule has 0 amide bonds. The van der Waals surface area contributed by atoms with E-state index in [0.717, 1.165) is 22.2 Å². The van der Waals surface area contributed by atoms with Crippen LogP contribution < -0.4 is 4.74 Å². The molecule has 0 fully saturated rings. The Bertz CT molecular complexity index is 736. The van der Waals surface area contributed by atoms with E-state index in [-0.39, 0.29) is 6.61 Å². The van der Waals surface area contributed by atoms with Gasteiger partial charge in [0.15, 0.2) is 0 Å². The molecule has 0 spiro atoms. The molecule has 20 heavy (non-hydrogen) atoms. The van der Waals surface area contributed by atoms with E-state index in [0.29, 0.717) is 5.88 Å². The minimum Gasteiger partial charge on any atom is -0.439 e. The van der Waals surface area contributed by atoms with Gasteiger partial charge in [-0.1, -0.05) is 35.9 Å². The molecule has 0 saturated carbocycles. The minimum absolute atomic E-state index is 0.0344. The molecule has 0 aliphatic carbocycles. The lowest BCUT2D eigenvalue weighted by atomic mass is 10.1. The molecule has 3 rings (SSSR count). The smallest absolute Gasteiger partial charge is 0.220 e. The topological polar surface area (TPSA) is 42.4 Å². The van der Waals surface area contributed by atoms with E-state index in [4.69, 9.17) is 4.74 Å². The van der Waals surface area contributed by atoms with Crippen molar-refractivity contribution in [3.8, 4) is 11.6 Å². The number of hydrogen-bond donors (Lipinski definition) is 1. The molecule has 1 heterocycles. The van der Waals surface area contributed by atoms with E-state index < -0.39 is 0 Å². The molecular formula is C17H15NO2. The molecule has 0 radical (unpaired) electrons. The number of benzene rings is 2. The number of pyridine rings is 1. The Balaban J connectivity index is 2.01. The van der Waals surface area contributed by atoms with Crippen molar-refractivity contribution < 1.29 is 9.84 Å². The zero-order valence-electron chi connectivity index (χ0n) is 11.2. The maximum atomic E-state index is 9.48. The van der Waals surface area contributed by atoms with Gasteiger partial charge in [-0.2, -0.15) is 0 Å². The molecule has 0 saturated heterocycles. The molecule has 1 aromatic heterocycles. The Morgan fingerprint density at radius 3 is 2.55 bits per heavy atom. The molecule has 3 nitrogen and oxygen atoms in total. The summed E-state index contributed by atoms with van der Waals surface area (Å²) in [6.07, 6.45) is 0. The fraction of sp³-hybridized carbons (Fsp3) is 0.118. The lowest BCUT2D eigenvalue weighted by molar-refractivity contribution is 0.282. The second-order valence-corrected chi connectivity index (χ2v) is 4.71. The van der Waals surface area contributed by atoms with Gasteiger partial charge in [-0.05, 0) is 30.7 Å². The number of aliphatic hydroxyl groups excluding tert-OH is 1. The van der Waals surface area contributed by atoms with Crippen LogP contribution in [0.3, 0.4) is 0 Å². The molecule has 0 aliphatic rings. The van der Waals surface area contributed by atoms with Crippen LogP contribution in [0.5, 0.6) is 11.6 Å². The van der Waals surface area contributed by atoms with E-state index in [9.17, 15) is 5.11 Å². The third-order valence-corrected chi connectivity index (χ3v) is 3.19. The first kappa shape index (κ1) is 12.6. The molecule has 1 N–H and O–H groups in total. The Morgan fingerprint density at radius 1 is 1.05 bits per heavy atom. The number of aliphatic hydroxyl groups is 1. The van der Waals surface area contributed by atoms with Crippen molar-refractivity contribution in [3.05, 3.63) is 65.7 Å². The van der Waals surface area contributed by atoms with Gasteiger partial charge in [0.05, 0.1) is 12.1 Å². The third kappa shape index (κ3) is 2.49. The van der Waals surface area contributed by atoms with Crippen LogP contribution in [0.25, 0.3) is 10.9 Å². The molecule has 0 unspecified atom stereocenters. The summed E-state index contributed by atoms with van der Waals surface area (Å²) in [5, 5.41) is 10.4. The Morgan fingerprint density at radius 2 is 1.80 bits per heavy atom. The quantitative estimate of drug-likeness (QED) is 0.782. The summed E-state index contributed by atoms with van der Waals surface area (Å²) in [7, 11) is 0. The van der Waals surface area contributed by atoms with Crippen LogP contribution in [-0.4, -0.2) is 10.1 Å². The molecule has 0 bridgehead atoms. The minimum atomic E-state index is -0.0344. The number of nitrogens with zero attached hydrogens (tertiary/aromatic N) is 1. The zero-order valence-corrected chi connectivity index (χ0v) is 11.2. The summed E-state index contributed by atoms with van der Waals surface area (Å²) in [5.74, 6) is 1.24. The Hall–Kier alpha value is -2.39. The maximum Gasteiger partial charge on any atom is 0.220 e. The van der Waals surface area contributed by atoms with Crippen molar-refractivity contribution in [1.29, 1.82) is 0 Å². The Labute approximate surface area is 117 Å². The molecular weight excluding hydrogens is 250 g/mol. The first-order valence-electron chi connectivity index (χ1n) is 6.50. The van der Waals surface area contributed by atoms with Gasteiger partial charge < -0.3 is 9.84 Å². The maximum absolute atomic E-state index is 9.48. The molecule has 3 aromatic rings. The van der Waals surface area contributed by atoms with Gasteiger partial charge >= 0.3 is 0 Å². The molecule has 2 aromatic carbocycles. The highest BCUT2D eigenvalue weighted by molar-refractivity contribution is 5.82. The summed E-state index contributed by atoms with van der Waals surface area (Å²) < 4.78 is 5.76. The highest BCUT2D eigenvalue weighted by Crippen LogP contribution is 2.25. The van der Waals surface area contributed by atoms with Crippen LogP contribution in [0.15, 0.2) is 54.6 Å². The number of ether oxygens (including phenoxy) is 1. The molecule has 0 atom stereocenters. The van der Waals surface area contributed by atoms with Crippen LogP contribution in [0.1, 0.15) is 11.1 Å². The second kappa shape index (κ2) is 5.31. The van der Waals surface area contributed by atoms with E-state index in [1.54, 1.807) is 6.07 Å². The van der Waals surface area contributed by atoms with Crippen LogP contribution in [0, 0.1) is 6.92 Å². The zero-order chi connectivity index (χ0) is 13.9. The number of fused-ring (bicyclic) bond motifs is 1. The molecule has 100 valence electrons. The van der Waals surface area contributed by atoms with Gasteiger partial charge in [-0.15, -0.1) is 0 Å². The molecule has 0 aliphatic heterocycles. The second-order valence-electron chi connectivity index (χ2n) is 4.71. The highest BCUT2D eigenvalue weighted by atomic mass is 16.5. The van der Waals surface area contributed by atoms with Gasteiger partial charge in [0.2, 0.25) is 5.88 Å². The average Bonchev–Trinajstić information content (AvgIpc) is 2.49. The first-order valence-corrected chi connectivity index (χ1v) is 6.50. The van der Waals surface area contributed by atoms with Crippen molar-refractivity contribution in [1.82, 2.24) is 4.98 Å². The van der Waals surface area contributed by atoms with E-state index in [2.05, 4.69) is 4.98 Å². The number of para-hydroxylation sites is 1. The normalized spacial score (nSPS) is 10.7. The summed E-state index contributed by atoms with van der Waals surface area (Å²) in [4.78, 5) is 4.47. The van der Waals surface area contributed by atoms with Crippen LogP contribution in [0.2, 0.25) is 0 Å². The van der Waals surface area contributed by atoms with Gasteiger partial charge in [-0.25, -0.2) is 4.98 Å². The largest absolute Gasteiger partial charge is 0.439 e. The standard InChI is InChI=1S/C17H15NO2/c1-12-6-8-14(9-7-12)20-17-10-13(11-19)15-4-2-3-5-16(15)18-17/h2-10,19H,11H2,1H3. The number of hydrogen-bond acceptors (Lipinski definition) is 3. The SMILES string of the molecule is Cc1ccc(Oc2cc(CO)c3ccccc3n2)cc1. The van der Waals surface area contributed by atoms with Crippen molar-refractivity contribution in [2.75, 3.05) is 0 Å². The van der Waals surface area contributed by atoms with Crippen LogP contribution >= 0.6 is 0 Å². The lowest BCUT2D eigenvalue weighted by Gasteiger charge is -2.09. The van der Waals surface area contributed by atoms with Crippen molar-refractivity contribution in [3.63, 3.8) is 0 Å². The van der Waals surface area contributed by atoms with E-state index in [1.165, 1.54) is 5.56 Å². The Kier molecular flexibility index (Phi) is 3.35. The number of rotatable bonds is 3. The van der Waals surface area contributed by atoms with E-state index in [1.807, 2.05) is 55.5 Å². The third-order valence-electron chi connectivity index (χ3n) is 3.19. The van der Waals surface area contributed by atoms with Gasteiger partial charge in [0.1, 0.15) is 5.75 Å². The fourth-order valence-corrected chi connectivity index (χ4v) is 2.13. The van der Waals surface area contributed by atoms with Gasteiger partial charge in [-0.3, -0.25) is 0 Å². The summed E-state index contributed by atoms with van der Waals surface area (Å²) >= 11 is 0. The average molecular weight is 265 g/mol. The van der Waals surface area contributed by atoms with Crippen LogP contribution in [-0.2, 0) is 6.61 Å².